The van der Waals surface area contributed by atoms with Gasteiger partial charge in [-0.2, -0.15) is 0 Å². The van der Waals surface area contributed by atoms with E-state index in [4.69, 9.17) is 23.2 Å². The average molecular weight is 314 g/mol. The fraction of sp³-hybridized carbons (Fsp3) is 0.429. The Morgan fingerprint density at radius 3 is 2.65 bits per heavy atom. The Hall–Kier alpha value is -1.26. The molecule has 0 aliphatic carbocycles. The number of imidazole rings is 1. The highest BCUT2D eigenvalue weighted by Crippen LogP contribution is 2.21. The van der Waals surface area contributed by atoms with Gasteiger partial charge in [-0.1, -0.05) is 11.6 Å². The molecule has 0 atom stereocenters. The minimum Gasteiger partial charge on any atom is -0.342 e. The summed E-state index contributed by atoms with van der Waals surface area (Å²) >= 11 is 12.0. The van der Waals surface area contributed by atoms with Crippen LogP contribution in [0.1, 0.15) is 19.7 Å². The molecule has 0 aliphatic heterocycles. The van der Waals surface area contributed by atoms with Gasteiger partial charge in [0.05, 0.1) is 16.9 Å². The number of hydrogen-bond donors (Lipinski definition) is 0. The van der Waals surface area contributed by atoms with Gasteiger partial charge in [0.1, 0.15) is 12.4 Å². The van der Waals surface area contributed by atoms with Crippen molar-refractivity contribution in [1.29, 1.82) is 0 Å². The van der Waals surface area contributed by atoms with Crippen LogP contribution in [0.5, 0.6) is 0 Å². The van der Waals surface area contributed by atoms with Crippen LogP contribution in [0, 0.1) is 0 Å². The number of halogens is 2. The molecule has 1 amide bonds. The lowest BCUT2D eigenvalue weighted by atomic mass is 10.3. The fourth-order valence-electron chi connectivity index (χ4n) is 2.24. The molecular weight excluding hydrogens is 297 g/mol. The van der Waals surface area contributed by atoms with E-state index in [1.165, 1.54) is 0 Å². The van der Waals surface area contributed by atoms with Gasteiger partial charge < -0.3 is 9.47 Å². The van der Waals surface area contributed by atoms with E-state index < -0.39 is 0 Å². The van der Waals surface area contributed by atoms with Gasteiger partial charge >= 0.3 is 0 Å². The van der Waals surface area contributed by atoms with Crippen LogP contribution in [0.4, 0.5) is 0 Å². The molecule has 4 nitrogen and oxygen atoms in total. The lowest BCUT2D eigenvalue weighted by molar-refractivity contribution is -0.131. The average Bonchev–Trinajstić information content (AvgIpc) is 2.78. The molecule has 108 valence electrons. The molecule has 0 N–H and O–H groups in total. The van der Waals surface area contributed by atoms with E-state index >= 15 is 0 Å². The molecule has 0 spiro atoms. The summed E-state index contributed by atoms with van der Waals surface area (Å²) in [6, 6.07) is 5.44. The normalized spacial score (nSPS) is 11.0. The highest BCUT2D eigenvalue weighted by Gasteiger charge is 2.16. The van der Waals surface area contributed by atoms with Crippen LogP contribution in [-0.2, 0) is 17.2 Å². The predicted molar refractivity (Wildman–Crippen MR) is 82.2 cm³/mol. The van der Waals surface area contributed by atoms with Crippen molar-refractivity contribution < 1.29 is 4.79 Å². The minimum absolute atomic E-state index is 0.0562. The zero-order valence-electron chi connectivity index (χ0n) is 11.6. The van der Waals surface area contributed by atoms with Crippen LogP contribution < -0.4 is 0 Å². The molecule has 0 fully saturated rings. The van der Waals surface area contributed by atoms with Gasteiger partial charge in [0.2, 0.25) is 5.91 Å². The molecule has 6 heteroatoms. The Balaban J connectivity index is 2.41. The van der Waals surface area contributed by atoms with Gasteiger partial charge in [-0.3, -0.25) is 4.79 Å². The zero-order valence-corrected chi connectivity index (χ0v) is 13.1. The number of carbonyl (C=O) groups excluding carboxylic acids is 1. The van der Waals surface area contributed by atoms with Crippen LogP contribution in [-0.4, -0.2) is 33.4 Å². The molecule has 2 rings (SSSR count). The van der Waals surface area contributed by atoms with Gasteiger partial charge in [0, 0.05) is 18.1 Å². The van der Waals surface area contributed by atoms with Crippen molar-refractivity contribution in [2.24, 2.45) is 0 Å². The van der Waals surface area contributed by atoms with E-state index in [1.807, 2.05) is 30.5 Å². The first kappa shape index (κ1) is 15.1. The molecule has 0 bridgehead atoms. The summed E-state index contributed by atoms with van der Waals surface area (Å²) in [5.41, 5.74) is 1.64. The summed E-state index contributed by atoms with van der Waals surface area (Å²) in [5.74, 6) is 1.00. The second-order valence-corrected chi connectivity index (χ2v) is 5.15. The Morgan fingerprint density at radius 1 is 1.35 bits per heavy atom. The third-order valence-electron chi connectivity index (χ3n) is 3.32. The van der Waals surface area contributed by atoms with Crippen molar-refractivity contribution in [2.45, 2.75) is 26.3 Å². The molecule has 1 aromatic carbocycles. The van der Waals surface area contributed by atoms with Crippen LogP contribution in [0.25, 0.3) is 11.0 Å². The Bertz CT molecular complexity index is 620. The SMILES string of the molecule is CCN(CC)C(=O)Cn1c(CCl)nc2ccc(Cl)cc21. The van der Waals surface area contributed by atoms with Crippen molar-refractivity contribution >= 4 is 40.1 Å². The fourth-order valence-corrected chi connectivity index (χ4v) is 2.61. The second kappa shape index (κ2) is 6.46. The summed E-state index contributed by atoms with van der Waals surface area (Å²) in [7, 11) is 0. The van der Waals surface area contributed by atoms with E-state index in [1.54, 1.807) is 11.0 Å². The smallest absolute Gasteiger partial charge is 0.242 e. The minimum atomic E-state index is 0.0562. The highest BCUT2D eigenvalue weighted by molar-refractivity contribution is 6.31. The summed E-state index contributed by atoms with van der Waals surface area (Å²) in [4.78, 5) is 18.5. The number of likely N-dealkylation sites (N-methyl/N-ethyl adjacent to an activating group) is 1. The van der Waals surface area contributed by atoms with Crippen molar-refractivity contribution in [2.75, 3.05) is 13.1 Å². The maximum atomic E-state index is 12.3. The molecule has 20 heavy (non-hydrogen) atoms. The van der Waals surface area contributed by atoms with E-state index in [0.29, 0.717) is 23.9 Å². The molecule has 2 aromatic rings. The Kier molecular flexibility index (Phi) is 4.89. The number of amides is 1. The summed E-state index contributed by atoms with van der Waals surface area (Å²) in [6.45, 7) is 5.55. The first-order valence-corrected chi connectivity index (χ1v) is 7.50. The van der Waals surface area contributed by atoms with Crippen molar-refractivity contribution in [3.63, 3.8) is 0 Å². The zero-order chi connectivity index (χ0) is 14.7. The number of aromatic nitrogens is 2. The first-order chi connectivity index (χ1) is 9.60. The summed E-state index contributed by atoms with van der Waals surface area (Å²) in [6.07, 6.45) is 0. The predicted octanol–water partition coefficient (Wildman–Crippen LogP) is 3.30. The number of nitrogens with zero attached hydrogens (tertiary/aromatic N) is 3. The summed E-state index contributed by atoms with van der Waals surface area (Å²) < 4.78 is 1.84. The maximum Gasteiger partial charge on any atom is 0.242 e. The third kappa shape index (κ3) is 2.91. The molecule has 0 saturated heterocycles. The van der Waals surface area contributed by atoms with Gasteiger partial charge in [-0.25, -0.2) is 4.98 Å². The molecule has 0 unspecified atom stereocenters. The topological polar surface area (TPSA) is 38.1 Å². The molecule has 0 aliphatic rings. The van der Waals surface area contributed by atoms with Crippen LogP contribution in [0.2, 0.25) is 5.02 Å². The standard InChI is InChI=1S/C14H17Cl2N3O/c1-3-18(4-2)14(20)9-19-12-7-10(16)5-6-11(12)17-13(19)8-15/h5-7H,3-4,8-9H2,1-2H3. The van der Waals surface area contributed by atoms with Crippen LogP contribution in [0.3, 0.4) is 0 Å². The van der Waals surface area contributed by atoms with E-state index in [0.717, 1.165) is 11.0 Å². The molecule has 0 radical (unpaired) electrons. The lowest BCUT2D eigenvalue weighted by Gasteiger charge is -2.19. The van der Waals surface area contributed by atoms with Crippen molar-refractivity contribution in [3.05, 3.63) is 29.0 Å². The lowest BCUT2D eigenvalue weighted by Crippen LogP contribution is -2.33. The van der Waals surface area contributed by atoms with Gasteiger partial charge in [-0.15, -0.1) is 11.6 Å². The van der Waals surface area contributed by atoms with Gasteiger partial charge in [0.15, 0.2) is 0 Å². The van der Waals surface area contributed by atoms with Crippen molar-refractivity contribution in [1.82, 2.24) is 14.5 Å². The molecule has 1 aromatic heterocycles. The van der Waals surface area contributed by atoms with E-state index in [9.17, 15) is 4.79 Å². The first-order valence-electron chi connectivity index (χ1n) is 6.59. The Labute approximate surface area is 128 Å². The maximum absolute atomic E-state index is 12.3. The number of carbonyl (C=O) groups is 1. The largest absolute Gasteiger partial charge is 0.342 e. The quantitative estimate of drug-likeness (QED) is 0.794. The second-order valence-electron chi connectivity index (χ2n) is 4.45. The van der Waals surface area contributed by atoms with E-state index in [2.05, 4.69) is 4.98 Å². The van der Waals surface area contributed by atoms with E-state index in [-0.39, 0.29) is 18.3 Å². The Morgan fingerprint density at radius 2 is 2.05 bits per heavy atom. The van der Waals surface area contributed by atoms with Gasteiger partial charge in [0.25, 0.3) is 0 Å². The van der Waals surface area contributed by atoms with Crippen LogP contribution in [0.15, 0.2) is 18.2 Å². The number of rotatable bonds is 5. The highest BCUT2D eigenvalue weighted by atomic mass is 35.5. The molecular formula is C14H17Cl2N3O. The number of hydrogen-bond acceptors (Lipinski definition) is 2. The van der Waals surface area contributed by atoms with Crippen LogP contribution >= 0.6 is 23.2 Å². The number of fused-ring (bicyclic) bond motifs is 1. The molecule has 1 heterocycles. The monoisotopic (exact) mass is 313 g/mol. The molecule has 0 saturated carbocycles. The summed E-state index contributed by atoms with van der Waals surface area (Å²) in [5, 5.41) is 0.620. The van der Waals surface area contributed by atoms with Gasteiger partial charge in [-0.05, 0) is 32.0 Å². The number of benzene rings is 1. The number of alkyl halides is 1. The third-order valence-corrected chi connectivity index (χ3v) is 3.79. The van der Waals surface area contributed by atoms with Crippen molar-refractivity contribution in [3.8, 4) is 0 Å².